The standard InChI is InChI=1S/C28H45N4O4Si/c1-19-12-13-20(2)32(19)24-16-23(34-9)21(17-29-24)30-14-15-31(26(33)35-28(6,7)8)22(18-30)25(27(3,4)5)36-37(10)11/h12-13,16-17,22,25H,14-15,18H2,1-11H3/t22-,25?/m1/s1. The topological polar surface area (TPSA) is 69.1 Å². The summed E-state index contributed by atoms with van der Waals surface area (Å²) >= 11 is 0. The fourth-order valence-electron chi connectivity index (χ4n) is 4.89. The molecule has 37 heavy (non-hydrogen) atoms. The predicted octanol–water partition coefficient (Wildman–Crippen LogP) is 5.61. The molecule has 8 nitrogen and oxygen atoms in total. The van der Waals surface area contributed by atoms with Gasteiger partial charge < -0.3 is 23.4 Å². The molecule has 205 valence electrons. The molecule has 0 aromatic carbocycles. The normalized spacial score (nSPS) is 17.8. The van der Waals surface area contributed by atoms with Crippen molar-refractivity contribution >= 4 is 20.8 Å². The molecular weight excluding hydrogens is 484 g/mol. The van der Waals surface area contributed by atoms with Crippen LogP contribution in [0.5, 0.6) is 5.75 Å². The molecule has 0 spiro atoms. The van der Waals surface area contributed by atoms with Crippen LogP contribution < -0.4 is 9.64 Å². The molecule has 1 amide bonds. The van der Waals surface area contributed by atoms with Crippen molar-refractivity contribution in [3.63, 3.8) is 0 Å². The number of methoxy groups -OCH3 is 1. The summed E-state index contributed by atoms with van der Waals surface area (Å²) in [5.74, 6) is 1.58. The van der Waals surface area contributed by atoms with Gasteiger partial charge in [-0.15, -0.1) is 0 Å². The van der Waals surface area contributed by atoms with Crippen LogP contribution in [0.15, 0.2) is 24.4 Å². The first-order valence-electron chi connectivity index (χ1n) is 13.0. The maximum absolute atomic E-state index is 13.3. The van der Waals surface area contributed by atoms with E-state index in [1.807, 2.05) is 37.9 Å². The Morgan fingerprint density at radius 2 is 1.70 bits per heavy atom. The molecule has 0 bridgehead atoms. The van der Waals surface area contributed by atoms with E-state index in [0.29, 0.717) is 19.6 Å². The number of ether oxygens (including phenoxy) is 2. The van der Waals surface area contributed by atoms with Crippen LogP contribution in [-0.2, 0) is 9.16 Å². The van der Waals surface area contributed by atoms with Crippen molar-refractivity contribution < 1.29 is 18.7 Å². The molecule has 1 fully saturated rings. The van der Waals surface area contributed by atoms with E-state index in [-0.39, 0.29) is 23.7 Å². The Morgan fingerprint density at radius 3 is 2.22 bits per heavy atom. The van der Waals surface area contributed by atoms with Crippen LogP contribution in [0.2, 0.25) is 13.1 Å². The van der Waals surface area contributed by atoms with Crippen LogP contribution in [0.1, 0.15) is 52.9 Å². The first-order valence-corrected chi connectivity index (χ1v) is 15.4. The lowest BCUT2D eigenvalue weighted by molar-refractivity contribution is -0.0289. The van der Waals surface area contributed by atoms with Gasteiger partial charge in [0, 0.05) is 37.1 Å². The van der Waals surface area contributed by atoms with Gasteiger partial charge in [0.05, 0.1) is 31.1 Å². The van der Waals surface area contributed by atoms with Gasteiger partial charge in [-0.05, 0) is 65.3 Å². The number of aryl methyl sites for hydroxylation is 2. The van der Waals surface area contributed by atoms with E-state index in [4.69, 9.17) is 18.9 Å². The molecule has 1 saturated heterocycles. The van der Waals surface area contributed by atoms with Crippen molar-refractivity contribution in [3.05, 3.63) is 35.8 Å². The number of hydrogen-bond acceptors (Lipinski definition) is 6. The summed E-state index contributed by atoms with van der Waals surface area (Å²) in [7, 11) is 0.674. The third-order valence-corrected chi connectivity index (χ3v) is 7.23. The minimum Gasteiger partial charge on any atom is -0.494 e. The summed E-state index contributed by atoms with van der Waals surface area (Å²) in [6, 6.07) is 5.96. The first kappa shape index (κ1) is 29.0. The molecule has 3 heterocycles. The number of anilines is 1. The number of carbonyl (C=O) groups excluding carboxylic acids is 1. The van der Waals surface area contributed by atoms with Crippen molar-refractivity contribution in [2.75, 3.05) is 31.6 Å². The third-order valence-electron chi connectivity index (χ3n) is 6.50. The zero-order chi connectivity index (χ0) is 27.7. The van der Waals surface area contributed by atoms with Crippen LogP contribution in [-0.4, -0.2) is 74.1 Å². The second-order valence-electron chi connectivity index (χ2n) is 12.2. The number of amides is 1. The Bertz CT molecular complexity index is 1070. The van der Waals surface area contributed by atoms with E-state index < -0.39 is 14.6 Å². The maximum Gasteiger partial charge on any atom is 0.410 e. The van der Waals surface area contributed by atoms with Gasteiger partial charge in [-0.1, -0.05) is 20.8 Å². The molecule has 2 atom stereocenters. The van der Waals surface area contributed by atoms with Crippen LogP contribution in [0.3, 0.4) is 0 Å². The smallest absolute Gasteiger partial charge is 0.410 e. The highest BCUT2D eigenvalue weighted by atomic mass is 28.3. The van der Waals surface area contributed by atoms with Gasteiger partial charge in [0.2, 0.25) is 9.04 Å². The summed E-state index contributed by atoms with van der Waals surface area (Å²) in [5.41, 5.74) is 2.40. The Balaban J connectivity index is 1.99. The van der Waals surface area contributed by atoms with Crippen molar-refractivity contribution in [3.8, 4) is 11.6 Å². The fraction of sp³-hybridized carbons (Fsp3) is 0.643. The molecular formula is C28H45N4O4Si. The highest BCUT2D eigenvalue weighted by Gasteiger charge is 2.43. The van der Waals surface area contributed by atoms with Gasteiger partial charge in [-0.2, -0.15) is 0 Å². The van der Waals surface area contributed by atoms with Crippen LogP contribution in [0.25, 0.3) is 5.82 Å². The summed E-state index contributed by atoms with van der Waals surface area (Å²) in [6.07, 6.45) is 1.43. The summed E-state index contributed by atoms with van der Waals surface area (Å²) < 4.78 is 20.4. The first-order chi connectivity index (χ1) is 17.1. The number of nitrogens with zero attached hydrogens (tertiary/aromatic N) is 4. The van der Waals surface area contributed by atoms with Crippen LogP contribution >= 0.6 is 0 Å². The minimum atomic E-state index is -1.02. The Morgan fingerprint density at radius 1 is 1.08 bits per heavy atom. The summed E-state index contributed by atoms with van der Waals surface area (Å²) in [4.78, 5) is 22.3. The van der Waals surface area contributed by atoms with E-state index in [0.717, 1.165) is 28.6 Å². The lowest BCUT2D eigenvalue weighted by Gasteiger charge is -2.49. The number of piperazine rings is 1. The van der Waals surface area contributed by atoms with Crippen molar-refractivity contribution in [1.82, 2.24) is 14.5 Å². The molecule has 0 N–H and O–H groups in total. The molecule has 9 heteroatoms. The van der Waals surface area contributed by atoms with Crippen molar-refractivity contribution in [1.29, 1.82) is 0 Å². The van der Waals surface area contributed by atoms with Crippen LogP contribution in [0, 0.1) is 19.3 Å². The molecule has 0 aliphatic carbocycles. The zero-order valence-electron chi connectivity index (χ0n) is 24.5. The molecule has 1 aliphatic heterocycles. The van der Waals surface area contributed by atoms with Crippen molar-refractivity contribution in [2.24, 2.45) is 5.41 Å². The molecule has 1 radical (unpaired) electrons. The SMILES string of the molecule is COc1cc(-n2c(C)ccc2C)ncc1N1CCN(C(=O)OC(C)(C)C)[C@@H](C(O[Si](C)C)C(C)(C)C)C1. The van der Waals surface area contributed by atoms with E-state index in [1.54, 1.807) is 7.11 Å². The monoisotopic (exact) mass is 529 g/mol. The van der Waals surface area contributed by atoms with Gasteiger partial charge >= 0.3 is 6.09 Å². The Hall–Kier alpha value is -2.52. The predicted molar refractivity (Wildman–Crippen MR) is 150 cm³/mol. The van der Waals surface area contributed by atoms with E-state index in [9.17, 15) is 4.79 Å². The van der Waals surface area contributed by atoms with E-state index in [1.165, 1.54) is 0 Å². The Labute approximate surface area is 224 Å². The second kappa shape index (κ2) is 11.1. The molecule has 0 saturated carbocycles. The lowest BCUT2D eigenvalue weighted by atomic mass is 9.83. The zero-order valence-corrected chi connectivity index (χ0v) is 25.5. The van der Waals surface area contributed by atoms with Crippen LogP contribution in [0.4, 0.5) is 10.5 Å². The molecule has 1 unspecified atom stereocenters. The minimum absolute atomic E-state index is 0.157. The lowest BCUT2D eigenvalue weighted by Crippen LogP contribution is -2.63. The number of pyridine rings is 1. The molecule has 2 aromatic rings. The average molecular weight is 530 g/mol. The third kappa shape index (κ3) is 6.87. The van der Waals surface area contributed by atoms with Gasteiger partial charge in [0.25, 0.3) is 0 Å². The summed E-state index contributed by atoms with van der Waals surface area (Å²) in [5, 5.41) is 0. The maximum atomic E-state index is 13.3. The number of hydrogen-bond donors (Lipinski definition) is 0. The van der Waals surface area contributed by atoms with Gasteiger partial charge in [-0.3, -0.25) is 4.90 Å². The van der Waals surface area contributed by atoms with E-state index in [2.05, 4.69) is 69.3 Å². The van der Waals surface area contributed by atoms with E-state index >= 15 is 0 Å². The molecule has 2 aromatic heterocycles. The highest BCUT2D eigenvalue weighted by molar-refractivity contribution is 6.48. The van der Waals surface area contributed by atoms with Gasteiger partial charge in [-0.25, -0.2) is 9.78 Å². The molecule has 1 aliphatic rings. The number of rotatable bonds is 6. The quantitative estimate of drug-likeness (QED) is 0.454. The average Bonchev–Trinajstić information content (AvgIpc) is 3.12. The summed E-state index contributed by atoms with van der Waals surface area (Å²) in [6.45, 7) is 22.4. The Kier molecular flexibility index (Phi) is 8.69. The highest BCUT2D eigenvalue weighted by Crippen LogP contribution is 2.36. The fourth-order valence-corrected chi connectivity index (χ4v) is 5.91. The largest absolute Gasteiger partial charge is 0.494 e. The van der Waals surface area contributed by atoms with Gasteiger partial charge in [0.15, 0.2) is 0 Å². The van der Waals surface area contributed by atoms with Crippen molar-refractivity contribution in [2.45, 2.75) is 86.2 Å². The van der Waals surface area contributed by atoms with Gasteiger partial charge in [0.1, 0.15) is 17.2 Å². The number of carbonyl (C=O) groups is 1. The second-order valence-corrected chi connectivity index (χ2v) is 14.2. The number of aromatic nitrogens is 2. The molecule has 3 rings (SSSR count).